The number of phenols is 1. The Morgan fingerprint density at radius 2 is 1.85 bits per heavy atom. The first kappa shape index (κ1) is 22.8. The molecule has 0 aromatic heterocycles. The lowest BCUT2D eigenvalue weighted by atomic mass is 9.76. The molecular weight excluding hydrogens is 424 g/mol. The van der Waals surface area contributed by atoms with Crippen molar-refractivity contribution in [2.75, 3.05) is 20.3 Å². The number of amides is 2. The van der Waals surface area contributed by atoms with Crippen molar-refractivity contribution in [1.82, 2.24) is 10.2 Å². The molecule has 4 rings (SSSR count). The second-order valence-corrected chi connectivity index (χ2v) is 8.33. The molecule has 0 radical (unpaired) electrons. The Balaban J connectivity index is 1.88. The SMILES string of the molecule is CCOC(=O)C1(Cc2ccccc2)NC(c2ccc(O)c(OC)c2)C2C(=O)N(CC)C(=O)C21. The molecule has 0 bridgehead atoms. The molecule has 0 aliphatic carbocycles. The first-order valence-electron chi connectivity index (χ1n) is 11.1. The third kappa shape index (κ3) is 3.64. The molecule has 2 saturated heterocycles. The number of likely N-dealkylation sites (tertiary alicyclic amines) is 1. The van der Waals surface area contributed by atoms with E-state index >= 15 is 0 Å². The summed E-state index contributed by atoms with van der Waals surface area (Å²) in [5.41, 5.74) is 0.0583. The lowest BCUT2D eigenvalue weighted by Crippen LogP contribution is -2.58. The molecule has 2 heterocycles. The Morgan fingerprint density at radius 3 is 2.48 bits per heavy atom. The van der Waals surface area contributed by atoms with Gasteiger partial charge in [-0.15, -0.1) is 0 Å². The van der Waals surface area contributed by atoms with Crippen LogP contribution in [0.25, 0.3) is 0 Å². The van der Waals surface area contributed by atoms with Crippen LogP contribution in [0.5, 0.6) is 11.5 Å². The zero-order valence-corrected chi connectivity index (χ0v) is 18.9. The van der Waals surface area contributed by atoms with Crippen LogP contribution in [-0.4, -0.2) is 53.6 Å². The van der Waals surface area contributed by atoms with Gasteiger partial charge in [-0.1, -0.05) is 36.4 Å². The number of benzene rings is 2. The van der Waals surface area contributed by atoms with Gasteiger partial charge in [-0.05, 0) is 37.1 Å². The molecule has 2 N–H and O–H groups in total. The Labute approximate surface area is 192 Å². The maximum atomic E-state index is 13.5. The van der Waals surface area contributed by atoms with Crippen LogP contribution >= 0.6 is 0 Å². The Bertz CT molecular complexity index is 1070. The van der Waals surface area contributed by atoms with E-state index in [2.05, 4.69) is 5.32 Å². The number of hydrogen-bond donors (Lipinski definition) is 2. The molecule has 2 fully saturated rings. The van der Waals surface area contributed by atoms with Crippen molar-refractivity contribution < 1.29 is 29.0 Å². The minimum atomic E-state index is -1.42. The van der Waals surface area contributed by atoms with Gasteiger partial charge in [0.15, 0.2) is 11.5 Å². The topological polar surface area (TPSA) is 105 Å². The van der Waals surface area contributed by atoms with Crippen molar-refractivity contribution >= 4 is 17.8 Å². The maximum absolute atomic E-state index is 13.5. The van der Waals surface area contributed by atoms with E-state index in [0.29, 0.717) is 5.56 Å². The van der Waals surface area contributed by atoms with Crippen LogP contribution in [0.2, 0.25) is 0 Å². The second kappa shape index (κ2) is 8.86. The molecule has 2 amide bonds. The largest absolute Gasteiger partial charge is 0.504 e. The van der Waals surface area contributed by atoms with Crippen molar-refractivity contribution in [3.05, 3.63) is 59.7 Å². The smallest absolute Gasteiger partial charge is 0.327 e. The fourth-order valence-electron chi connectivity index (χ4n) is 5.15. The lowest BCUT2D eigenvalue weighted by Gasteiger charge is -2.33. The molecule has 4 unspecified atom stereocenters. The van der Waals surface area contributed by atoms with Gasteiger partial charge < -0.3 is 14.6 Å². The Kier molecular flexibility index (Phi) is 6.12. The van der Waals surface area contributed by atoms with E-state index in [1.165, 1.54) is 18.1 Å². The molecule has 2 aliphatic rings. The van der Waals surface area contributed by atoms with Gasteiger partial charge in [-0.25, -0.2) is 0 Å². The van der Waals surface area contributed by atoms with E-state index in [1.54, 1.807) is 26.0 Å². The number of nitrogens with zero attached hydrogens (tertiary/aromatic N) is 1. The van der Waals surface area contributed by atoms with Crippen LogP contribution in [0, 0.1) is 11.8 Å². The van der Waals surface area contributed by atoms with Gasteiger partial charge in [0.05, 0.1) is 25.6 Å². The molecule has 8 nitrogen and oxygen atoms in total. The summed E-state index contributed by atoms with van der Waals surface area (Å²) in [6.45, 7) is 3.82. The van der Waals surface area contributed by atoms with Gasteiger partial charge >= 0.3 is 5.97 Å². The van der Waals surface area contributed by atoms with Crippen molar-refractivity contribution in [3.8, 4) is 11.5 Å². The maximum Gasteiger partial charge on any atom is 0.327 e. The van der Waals surface area contributed by atoms with Gasteiger partial charge in [-0.2, -0.15) is 0 Å². The molecular formula is C25H28N2O6. The van der Waals surface area contributed by atoms with Crippen LogP contribution in [-0.2, 0) is 25.5 Å². The predicted octanol–water partition coefficient (Wildman–Crippen LogP) is 2.21. The highest BCUT2D eigenvalue weighted by atomic mass is 16.5. The molecule has 2 aliphatic heterocycles. The molecule has 33 heavy (non-hydrogen) atoms. The van der Waals surface area contributed by atoms with E-state index in [1.807, 2.05) is 30.3 Å². The molecule has 2 aromatic rings. The number of esters is 1. The van der Waals surface area contributed by atoms with Gasteiger partial charge in [0.1, 0.15) is 5.54 Å². The Morgan fingerprint density at radius 1 is 1.12 bits per heavy atom. The fraction of sp³-hybridized carbons (Fsp3) is 0.400. The van der Waals surface area contributed by atoms with E-state index in [0.717, 1.165) is 5.56 Å². The summed E-state index contributed by atoms with van der Waals surface area (Å²) in [5.74, 6) is -2.77. The normalized spacial score (nSPS) is 26.4. The number of ether oxygens (including phenoxy) is 2. The van der Waals surface area contributed by atoms with Crippen molar-refractivity contribution in [2.24, 2.45) is 11.8 Å². The summed E-state index contributed by atoms with van der Waals surface area (Å²) in [7, 11) is 1.44. The highest BCUT2D eigenvalue weighted by Gasteiger charge is 2.68. The number of carbonyl (C=O) groups is 3. The summed E-state index contributed by atoms with van der Waals surface area (Å²) >= 11 is 0. The monoisotopic (exact) mass is 452 g/mol. The van der Waals surface area contributed by atoms with Crippen LogP contribution in [0.15, 0.2) is 48.5 Å². The van der Waals surface area contributed by atoms with Gasteiger partial charge in [0, 0.05) is 19.0 Å². The number of fused-ring (bicyclic) bond motifs is 1. The average Bonchev–Trinajstić information content (AvgIpc) is 3.29. The first-order chi connectivity index (χ1) is 15.9. The van der Waals surface area contributed by atoms with E-state index in [-0.39, 0.29) is 42.9 Å². The second-order valence-electron chi connectivity index (χ2n) is 8.33. The fourth-order valence-corrected chi connectivity index (χ4v) is 5.15. The van der Waals surface area contributed by atoms with Crippen molar-refractivity contribution in [2.45, 2.75) is 31.8 Å². The quantitative estimate of drug-likeness (QED) is 0.490. The van der Waals surface area contributed by atoms with Gasteiger partial charge in [-0.3, -0.25) is 24.6 Å². The number of hydrogen-bond acceptors (Lipinski definition) is 7. The van der Waals surface area contributed by atoms with E-state index in [4.69, 9.17) is 9.47 Å². The third-order valence-corrected chi connectivity index (χ3v) is 6.59. The number of carbonyl (C=O) groups excluding carboxylic acids is 3. The number of imide groups is 1. The van der Waals surface area contributed by atoms with Crippen LogP contribution < -0.4 is 10.1 Å². The van der Waals surface area contributed by atoms with E-state index in [9.17, 15) is 19.5 Å². The van der Waals surface area contributed by atoms with Crippen LogP contribution in [0.1, 0.15) is 31.0 Å². The van der Waals surface area contributed by atoms with Gasteiger partial charge in [0.25, 0.3) is 0 Å². The minimum absolute atomic E-state index is 0.0410. The molecule has 174 valence electrons. The van der Waals surface area contributed by atoms with Crippen LogP contribution in [0.3, 0.4) is 0 Å². The molecule has 8 heteroatoms. The summed E-state index contributed by atoms with van der Waals surface area (Å²) in [6, 6.07) is 13.5. The molecule has 4 atom stereocenters. The number of rotatable bonds is 7. The average molecular weight is 453 g/mol. The molecule has 2 aromatic carbocycles. The molecule has 0 spiro atoms. The predicted molar refractivity (Wildman–Crippen MR) is 119 cm³/mol. The number of aromatic hydroxyl groups is 1. The first-order valence-corrected chi connectivity index (χ1v) is 11.1. The number of nitrogens with one attached hydrogen (secondary N) is 1. The number of methoxy groups -OCH3 is 1. The van der Waals surface area contributed by atoms with Crippen LogP contribution in [0.4, 0.5) is 0 Å². The van der Waals surface area contributed by atoms with E-state index < -0.39 is 29.4 Å². The van der Waals surface area contributed by atoms with Gasteiger partial charge in [0.2, 0.25) is 11.8 Å². The lowest BCUT2D eigenvalue weighted by molar-refractivity contribution is -0.156. The Hall–Kier alpha value is -3.39. The third-order valence-electron chi connectivity index (χ3n) is 6.59. The summed E-state index contributed by atoms with van der Waals surface area (Å²) in [5, 5.41) is 13.4. The summed E-state index contributed by atoms with van der Waals surface area (Å²) in [6.07, 6.45) is 0.191. The summed E-state index contributed by atoms with van der Waals surface area (Å²) in [4.78, 5) is 41.6. The highest BCUT2D eigenvalue weighted by Crippen LogP contribution is 2.51. The zero-order chi connectivity index (χ0) is 23.8. The molecule has 0 saturated carbocycles. The number of phenolic OH excluding ortho intramolecular Hbond substituents is 1. The standard InChI is InChI=1S/C25H28N2O6/c1-4-27-22(29)19-20(23(27)30)25(24(31)33-5-2,14-15-9-7-6-8-10-15)26-21(19)16-11-12-17(28)18(13-16)32-3/h6-13,19-21,26,28H,4-5,14H2,1-3H3. The zero-order valence-electron chi connectivity index (χ0n) is 18.9. The van der Waals surface area contributed by atoms with Crippen molar-refractivity contribution in [3.63, 3.8) is 0 Å². The van der Waals surface area contributed by atoms with Crippen molar-refractivity contribution in [1.29, 1.82) is 0 Å². The summed E-state index contributed by atoms with van der Waals surface area (Å²) < 4.78 is 10.7. The highest BCUT2D eigenvalue weighted by molar-refractivity contribution is 6.09. The minimum Gasteiger partial charge on any atom is -0.504 e.